The van der Waals surface area contributed by atoms with E-state index in [2.05, 4.69) is 10.6 Å². The van der Waals surface area contributed by atoms with E-state index in [-0.39, 0.29) is 6.04 Å². The van der Waals surface area contributed by atoms with Crippen LogP contribution < -0.4 is 5.48 Å². The number of benzene rings is 1. The van der Waals surface area contributed by atoms with Crippen molar-refractivity contribution in [2.45, 2.75) is 13.0 Å². The lowest BCUT2D eigenvalue weighted by atomic mass is 10.1. The molecule has 3 nitrogen and oxygen atoms in total. The maximum Gasteiger partial charge on any atom is 0.109 e. The lowest BCUT2D eigenvalue weighted by molar-refractivity contribution is 0.0629. The molecule has 0 radical (unpaired) electrons. The zero-order valence-electron chi connectivity index (χ0n) is 7.12. The van der Waals surface area contributed by atoms with E-state index < -0.39 is 0 Å². The third-order valence-corrected chi connectivity index (χ3v) is 2.18. The number of hydrogen-bond acceptors (Lipinski definition) is 3. The first-order chi connectivity index (χ1) is 6.27. The Hall–Kier alpha value is -1.06. The van der Waals surface area contributed by atoms with E-state index in [0.29, 0.717) is 0 Å². The Morgan fingerprint density at radius 1 is 1.38 bits per heavy atom. The molecule has 1 atom stereocenters. The summed E-state index contributed by atoms with van der Waals surface area (Å²) in [6.07, 6.45) is 0. The van der Waals surface area contributed by atoms with Crippen LogP contribution in [0.3, 0.4) is 0 Å². The van der Waals surface area contributed by atoms with E-state index in [1.807, 2.05) is 31.2 Å². The molecule has 1 aromatic rings. The van der Waals surface area contributed by atoms with E-state index >= 15 is 0 Å². The highest BCUT2D eigenvalue weighted by atomic mass is 35.5. The number of hydrogen-bond donors (Lipinski definition) is 1. The lowest BCUT2D eigenvalue weighted by Crippen LogP contribution is -2.26. The van der Waals surface area contributed by atoms with E-state index in [0.717, 1.165) is 16.3 Å². The van der Waals surface area contributed by atoms with Crippen LogP contribution in [0.1, 0.15) is 12.5 Å². The second-order valence-corrected chi connectivity index (χ2v) is 3.35. The van der Waals surface area contributed by atoms with E-state index in [1.54, 1.807) is 0 Å². The molecule has 1 aromatic carbocycles. The minimum absolute atomic E-state index is 0.126. The Morgan fingerprint density at radius 2 is 2.08 bits per heavy atom. The fourth-order valence-electron chi connectivity index (χ4n) is 1.21. The Bertz CT molecular complexity index is 334. The molecule has 1 N–H and O–H groups in total. The molecule has 4 heteroatoms. The fourth-order valence-corrected chi connectivity index (χ4v) is 1.34. The number of hydroxylamine groups is 1. The maximum atomic E-state index is 5.77. The van der Waals surface area contributed by atoms with Crippen molar-refractivity contribution in [3.8, 4) is 0 Å². The zero-order valence-corrected chi connectivity index (χ0v) is 7.88. The molecule has 0 fully saturated rings. The Labute approximate surface area is 81.3 Å². The monoisotopic (exact) mass is 196 g/mol. The first-order valence-electron chi connectivity index (χ1n) is 4.03. The second-order valence-electron chi connectivity index (χ2n) is 2.91. The predicted octanol–water partition coefficient (Wildman–Crippen LogP) is 1.97. The van der Waals surface area contributed by atoms with Crippen LogP contribution in [0, 0.1) is 0 Å². The average Bonchev–Trinajstić information content (AvgIpc) is 2.53. The molecule has 68 valence electrons. The van der Waals surface area contributed by atoms with Gasteiger partial charge in [-0.2, -0.15) is 0 Å². The number of rotatable bonds is 1. The van der Waals surface area contributed by atoms with Crippen molar-refractivity contribution in [3.05, 3.63) is 34.9 Å². The second kappa shape index (κ2) is 3.36. The van der Waals surface area contributed by atoms with Crippen LogP contribution in [0.25, 0.3) is 0 Å². The minimum atomic E-state index is 0.126. The molecule has 1 aliphatic heterocycles. The molecular weight excluding hydrogens is 188 g/mol. The van der Waals surface area contributed by atoms with Gasteiger partial charge in [-0.25, -0.2) is 0 Å². The van der Waals surface area contributed by atoms with E-state index in [9.17, 15) is 0 Å². The lowest BCUT2D eigenvalue weighted by Gasteiger charge is -2.03. The average molecular weight is 197 g/mol. The third-order valence-electron chi connectivity index (χ3n) is 1.92. The summed E-state index contributed by atoms with van der Waals surface area (Å²) >= 11 is 5.77. The molecule has 1 heterocycles. The Kier molecular flexibility index (Phi) is 2.20. The molecule has 1 unspecified atom stereocenters. The van der Waals surface area contributed by atoms with Gasteiger partial charge in [-0.05, 0) is 19.1 Å². The molecular formula is C9H9ClN2O. The van der Waals surface area contributed by atoms with Gasteiger partial charge in [-0.15, -0.1) is 5.48 Å². The molecule has 0 aliphatic carbocycles. The largest absolute Gasteiger partial charge is 0.299 e. The van der Waals surface area contributed by atoms with Crippen LogP contribution >= 0.6 is 11.6 Å². The summed E-state index contributed by atoms with van der Waals surface area (Å²) in [4.78, 5) is 4.76. The first kappa shape index (κ1) is 8.53. The Balaban J connectivity index is 2.30. The molecule has 0 bridgehead atoms. The molecule has 1 aliphatic rings. The van der Waals surface area contributed by atoms with Crippen molar-refractivity contribution in [2.75, 3.05) is 0 Å². The van der Waals surface area contributed by atoms with Crippen molar-refractivity contribution in [2.24, 2.45) is 5.16 Å². The summed E-state index contributed by atoms with van der Waals surface area (Å²) in [6, 6.07) is 7.65. The molecule has 0 spiro atoms. The van der Waals surface area contributed by atoms with E-state index in [4.69, 9.17) is 16.5 Å². The van der Waals surface area contributed by atoms with Crippen LogP contribution in [0.4, 0.5) is 0 Å². The molecule has 0 aromatic heterocycles. The number of nitrogens with one attached hydrogen (secondary N) is 1. The van der Waals surface area contributed by atoms with Gasteiger partial charge in [-0.1, -0.05) is 28.9 Å². The Morgan fingerprint density at radius 3 is 2.62 bits per heavy atom. The SMILES string of the molecule is CC1NON=C1c1ccc(Cl)cc1. The summed E-state index contributed by atoms with van der Waals surface area (Å²) in [5.74, 6) is 0. The van der Waals surface area contributed by atoms with Crippen LogP contribution in [0.5, 0.6) is 0 Å². The highest BCUT2D eigenvalue weighted by molar-refractivity contribution is 6.30. The predicted molar refractivity (Wildman–Crippen MR) is 51.7 cm³/mol. The first-order valence-corrected chi connectivity index (χ1v) is 4.40. The van der Waals surface area contributed by atoms with Gasteiger partial charge < -0.3 is 0 Å². The smallest absolute Gasteiger partial charge is 0.109 e. The van der Waals surface area contributed by atoms with Crippen LogP contribution in [0.2, 0.25) is 5.02 Å². The standard InChI is InChI=1S/C9H9ClN2O/c1-6-9(12-13-11-6)7-2-4-8(10)5-3-7/h2-6,11H,1H3. The topological polar surface area (TPSA) is 33.6 Å². The van der Waals surface area contributed by atoms with Gasteiger partial charge in [0.1, 0.15) is 5.71 Å². The van der Waals surface area contributed by atoms with Crippen LogP contribution in [-0.2, 0) is 4.94 Å². The van der Waals surface area contributed by atoms with Gasteiger partial charge in [0.05, 0.1) is 6.04 Å². The maximum absolute atomic E-state index is 5.77. The van der Waals surface area contributed by atoms with Gasteiger partial charge >= 0.3 is 0 Å². The summed E-state index contributed by atoms with van der Waals surface area (Å²) in [6.45, 7) is 1.99. The highest BCUT2D eigenvalue weighted by Gasteiger charge is 2.19. The van der Waals surface area contributed by atoms with Gasteiger partial charge in [0.15, 0.2) is 0 Å². The van der Waals surface area contributed by atoms with E-state index in [1.165, 1.54) is 0 Å². The fraction of sp³-hybridized carbons (Fsp3) is 0.222. The summed E-state index contributed by atoms with van der Waals surface area (Å²) in [5, 5.41) is 4.60. The summed E-state index contributed by atoms with van der Waals surface area (Å²) in [7, 11) is 0. The molecule has 0 saturated heterocycles. The van der Waals surface area contributed by atoms with Gasteiger partial charge in [0.2, 0.25) is 0 Å². The van der Waals surface area contributed by atoms with Crippen LogP contribution in [0.15, 0.2) is 29.4 Å². The van der Waals surface area contributed by atoms with Crippen LogP contribution in [-0.4, -0.2) is 11.8 Å². The number of oxime groups is 1. The van der Waals surface area contributed by atoms with Crippen molar-refractivity contribution in [3.63, 3.8) is 0 Å². The minimum Gasteiger partial charge on any atom is -0.299 e. The van der Waals surface area contributed by atoms with Gasteiger partial charge in [0.25, 0.3) is 0 Å². The third kappa shape index (κ3) is 1.66. The van der Waals surface area contributed by atoms with Gasteiger partial charge in [0, 0.05) is 10.6 Å². The van der Waals surface area contributed by atoms with Crippen molar-refractivity contribution < 1.29 is 4.94 Å². The zero-order chi connectivity index (χ0) is 9.26. The summed E-state index contributed by atoms with van der Waals surface area (Å²) in [5.41, 5.74) is 4.68. The number of nitrogens with zero attached hydrogens (tertiary/aromatic N) is 1. The van der Waals surface area contributed by atoms with Crippen molar-refractivity contribution in [1.82, 2.24) is 5.48 Å². The highest BCUT2D eigenvalue weighted by Crippen LogP contribution is 2.13. The van der Waals surface area contributed by atoms with Gasteiger partial charge in [-0.3, -0.25) is 4.94 Å². The summed E-state index contributed by atoms with van der Waals surface area (Å²) < 4.78 is 0. The molecule has 2 rings (SSSR count). The van der Waals surface area contributed by atoms with Crippen molar-refractivity contribution in [1.29, 1.82) is 0 Å². The van der Waals surface area contributed by atoms with Crippen molar-refractivity contribution >= 4 is 17.3 Å². The molecule has 0 amide bonds. The number of halogens is 1. The molecule has 13 heavy (non-hydrogen) atoms. The normalized spacial score (nSPS) is 21.1. The quantitative estimate of drug-likeness (QED) is 0.745. The molecule has 0 saturated carbocycles.